The lowest BCUT2D eigenvalue weighted by Crippen LogP contribution is -2.13. The largest absolute Gasteiger partial charge is 0.480 e. The molecule has 0 saturated carbocycles. The molecule has 4 N–H and O–H groups in total. The van der Waals surface area contributed by atoms with Crippen LogP contribution in [0.1, 0.15) is 13.3 Å². The standard InChI is InChI=1S/C4H6O5.C4H10O2/c5-3(6)1-9-2-4(7)8;1-4(6)2-3-5/h1-2H2,(H,5,6)(H,7,8);4-6H,2-3H2,1H3. The number of aliphatic hydroxyl groups excluding tert-OH is 2. The summed E-state index contributed by atoms with van der Waals surface area (Å²) in [7, 11) is 0. The van der Waals surface area contributed by atoms with Crippen LogP contribution in [-0.2, 0) is 14.3 Å². The van der Waals surface area contributed by atoms with Gasteiger partial charge in [0.2, 0.25) is 0 Å². The third-order valence-corrected chi connectivity index (χ3v) is 0.998. The van der Waals surface area contributed by atoms with Crippen LogP contribution in [0.3, 0.4) is 0 Å². The average molecular weight is 224 g/mol. The minimum Gasteiger partial charge on any atom is -0.480 e. The Kier molecular flexibility index (Phi) is 11.8. The molecule has 0 rings (SSSR count). The quantitative estimate of drug-likeness (QED) is 0.452. The molecule has 90 valence electrons. The fraction of sp³-hybridized carbons (Fsp3) is 0.750. The number of ether oxygens (including phenoxy) is 1. The zero-order chi connectivity index (χ0) is 12.3. The zero-order valence-corrected chi connectivity index (χ0v) is 8.42. The molecule has 0 bridgehead atoms. The smallest absolute Gasteiger partial charge is 0.329 e. The molecule has 0 amide bonds. The van der Waals surface area contributed by atoms with E-state index < -0.39 is 25.2 Å². The van der Waals surface area contributed by atoms with Crippen LogP contribution in [0.15, 0.2) is 0 Å². The SMILES string of the molecule is CC(O)CCO.O=C(O)COCC(=O)O. The van der Waals surface area contributed by atoms with Gasteiger partial charge < -0.3 is 25.2 Å². The van der Waals surface area contributed by atoms with Crippen LogP contribution in [0.25, 0.3) is 0 Å². The van der Waals surface area contributed by atoms with Crippen molar-refractivity contribution in [3.63, 3.8) is 0 Å². The first-order valence-electron chi connectivity index (χ1n) is 4.20. The summed E-state index contributed by atoms with van der Waals surface area (Å²) in [6, 6.07) is 0. The molecular weight excluding hydrogens is 208 g/mol. The number of rotatable bonds is 6. The highest BCUT2D eigenvalue weighted by Crippen LogP contribution is 1.83. The Balaban J connectivity index is 0. The van der Waals surface area contributed by atoms with Crippen LogP contribution >= 0.6 is 0 Å². The molecule has 0 aromatic carbocycles. The number of carbonyl (C=O) groups is 2. The van der Waals surface area contributed by atoms with Crippen molar-refractivity contribution in [1.29, 1.82) is 0 Å². The van der Waals surface area contributed by atoms with Crippen LogP contribution in [0, 0.1) is 0 Å². The maximum absolute atomic E-state index is 9.66. The van der Waals surface area contributed by atoms with Crippen molar-refractivity contribution in [3.8, 4) is 0 Å². The number of carboxylic acids is 2. The molecule has 0 fully saturated rings. The lowest BCUT2D eigenvalue weighted by molar-refractivity contribution is -0.148. The number of aliphatic hydroxyl groups is 2. The molecule has 0 aliphatic heterocycles. The van der Waals surface area contributed by atoms with Gasteiger partial charge in [0, 0.05) is 6.61 Å². The monoisotopic (exact) mass is 224 g/mol. The van der Waals surface area contributed by atoms with E-state index in [-0.39, 0.29) is 12.7 Å². The fourth-order valence-corrected chi connectivity index (χ4v) is 0.412. The van der Waals surface area contributed by atoms with Gasteiger partial charge in [0.25, 0.3) is 0 Å². The highest BCUT2D eigenvalue weighted by atomic mass is 16.5. The molecule has 7 nitrogen and oxygen atoms in total. The van der Waals surface area contributed by atoms with E-state index in [9.17, 15) is 9.59 Å². The van der Waals surface area contributed by atoms with Gasteiger partial charge in [-0.3, -0.25) is 0 Å². The molecule has 0 aromatic heterocycles. The van der Waals surface area contributed by atoms with Crippen molar-refractivity contribution in [2.45, 2.75) is 19.4 Å². The van der Waals surface area contributed by atoms with Crippen molar-refractivity contribution in [2.75, 3.05) is 19.8 Å². The average Bonchev–Trinajstić information content (AvgIpc) is 2.03. The second kappa shape index (κ2) is 10.9. The van der Waals surface area contributed by atoms with Gasteiger partial charge in [-0.05, 0) is 13.3 Å². The lowest BCUT2D eigenvalue weighted by atomic mass is 10.3. The molecule has 1 atom stereocenters. The first kappa shape index (κ1) is 16.3. The molecule has 0 spiro atoms. The van der Waals surface area contributed by atoms with E-state index in [1.807, 2.05) is 0 Å². The number of aliphatic carboxylic acids is 2. The van der Waals surface area contributed by atoms with E-state index in [1.165, 1.54) is 0 Å². The topological polar surface area (TPSA) is 124 Å². The third-order valence-electron chi connectivity index (χ3n) is 0.998. The maximum Gasteiger partial charge on any atom is 0.329 e. The van der Waals surface area contributed by atoms with E-state index in [1.54, 1.807) is 6.92 Å². The van der Waals surface area contributed by atoms with Crippen LogP contribution in [-0.4, -0.2) is 58.3 Å². The van der Waals surface area contributed by atoms with Gasteiger partial charge in [-0.15, -0.1) is 0 Å². The molecule has 0 saturated heterocycles. The molecule has 7 heteroatoms. The third kappa shape index (κ3) is 24.5. The lowest BCUT2D eigenvalue weighted by Gasteiger charge is -1.95. The fourth-order valence-electron chi connectivity index (χ4n) is 0.412. The predicted octanol–water partition coefficient (Wildman–Crippen LogP) is -1.08. The van der Waals surface area contributed by atoms with Gasteiger partial charge in [-0.25, -0.2) is 9.59 Å². The van der Waals surface area contributed by atoms with E-state index >= 15 is 0 Å². The normalized spacial score (nSPS) is 11.1. The van der Waals surface area contributed by atoms with E-state index in [0.717, 1.165) is 0 Å². The molecule has 0 heterocycles. The summed E-state index contributed by atoms with van der Waals surface area (Å²) in [5, 5.41) is 32.3. The first-order chi connectivity index (χ1) is 6.90. The Morgan fingerprint density at radius 2 is 1.60 bits per heavy atom. The van der Waals surface area contributed by atoms with E-state index in [0.29, 0.717) is 6.42 Å². The number of hydrogen-bond donors (Lipinski definition) is 4. The van der Waals surface area contributed by atoms with E-state index in [2.05, 4.69) is 4.74 Å². The summed E-state index contributed by atoms with van der Waals surface area (Å²) in [6.07, 6.45) is 0.134. The summed E-state index contributed by atoms with van der Waals surface area (Å²) in [5.41, 5.74) is 0. The number of carboxylic acid groups (broad SMARTS) is 2. The van der Waals surface area contributed by atoms with Gasteiger partial charge in [0.05, 0.1) is 6.10 Å². The summed E-state index contributed by atoms with van der Waals surface area (Å²) in [5.74, 6) is -2.34. The highest BCUT2D eigenvalue weighted by molar-refractivity contribution is 5.70. The summed E-state index contributed by atoms with van der Waals surface area (Å²) < 4.78 is 4.16. The summed E-state index contributed by atoms with van der Waals surface area (Å²) in [4.78, 5) is 19.3. The molecule has 15 heavy (non-hydrogen) atoms. The zero-order valence-electron chi connectivity index (χ0n) is 8.42. The van der Waals surface area contributed by atoms with Crippen LogP contribution < -0.4 is 0 Å². The van der Waals surface area contributed by atoms with Gasteiger partial charge in [0.15, 0.2) is 0 Å². The van der Waals surface area contributed by atoms with Crippen molar-refractivity contribution in [2.24, 2.45) is 0 Å². The van der Waals surface area contributed by atoms with Crippen molar-refractivity contribution in [3.05, 3.63) is 0 Å². The molecule has 0 aliphatic carbocycles. The minimum absolute atomic E-state index is 0.0810. The van der Waals surface area contributed by atoms with Crippen LogP contribution in [0.5, 0.6) is 0 Å². The van der Waals surface area contributed by atoms with Gasteiger partial charge >= 0.3 is 11.9 Å². The van der Waals surface area contributed by atoms with E-state index in [4.69, 9.17) is 20.4 Å². The Morgan fingerprint density at radius 1 is 1.20 bits per heavy atom. The molecule has 0 aromatic rings. The van der Waals surface area contributed by atoms with Gasteiger partial charge in [-0.2, -0.15) is 0 Å². The second-order valence-electron chi connectivity index (χ2n) is 2.64. The molecule has 1 unspecified atom stereocenters. The molecule has 0 radical (unpaired) electrons. The Hall–Kier alpha value is -1.18. The maximum atomic E-state index is 9.66. The van der Waals surface area contributed by atoms with Crippen molar-refractivity contribution in [1.82, 2.24) is 0 Å². The summed E-state index contributed by atoms with van der Waals surface area (Å²) in [6.45, 7) is 0.604. The molecule has 0 aliphatic rings. The minimum atomic E-state index is -1.17. The van der Waals surface area contributed by atoms with Crippen LogP contribution in [0.4, 0.5) is 0 Å². The Morgan fingerprint density at radius 3 is 1.73 bits per heavy atom. The second-order valence-corrected chi connectivity index (χ2v) is 2.64. The van der Waals surface area contributed by atoms with Gasteiger partial charge in [-0.1, -0.05) is 0 Å². The number of hydrogen-bond acceptors (Lipinski definition) is 5. The van der Waals surface area contributed by atoms with Crippen molar-refractivity contribution < 1.29 is 34.8 Å². The highest BCUT2D eigenvalue weighted by Gasteiger charge is 1.99. The van der Waals surface area contributed by atoms with Crippen molar-refractivity contribution >= 4 is 11.9 Å². The summed E-state index contributed by atoms with van der Waals surface area (Å²) >= 11 is 0. The Labute approximate surface area is 86.9 Å². The van der Waals surface area contributed by atoms with Gasteiger partial charge in [0.1, 0.15) is 13.2 Å². The Bertz CT molecular complexity index is 164. The van der Waals surface area contributed by atoms with Crippen LogP contribution in [0.2, 0.25) is 0 Å². The first-order valence-corrected chi connectivity index (χ1v) is 4.20. The molecular formula is C8H16O7. The predicted molar refractivity (Wildman–Crippen MR) is 49.5 cm³/mol.